The lowest BCUT2D eigenvalue weighted by Crippen LogP contribution is -2.49. The normalized spacial score (nSPS) is 27.8. The van der Waals surface area contributed by atoms with Crippen molar-refractivity contribution in [3.8, 4) is 0 Å². The number of morpholine rings is 1. The van der Waals surface area contributed by atoms with Crippen LogP contribution in [-0.4, -0.2) is 74.3 Å². The third-order valence-corrected chi connectivity index (χ3v) is 6.88. The molecule has 134 valence electrons. The van der Waals surface area contributed by atoms with Gasteiger partial charge in [-0.25, -0.2) is 8.42 Å². The van der Waals surface area contributed by atoms with Crippen LogP contribution in [0.3, 0.4) is 0 Å². The largest absolute Gasteiger partial charge is 0.391 e. The minimum absolute atomic E-state index is 0.00659. The van der Waals surface area contributed by atoms with Gasteiger partial charge in [0, 0.05) is 32.2 Å². The maximum Gasteiger partial charge on any atom is 0.243 e. The van der Waals surface area contributed by atoms with E-state index in [-0.39, 0.29) is 6.04 Å². The van der Waals surface area contributed by atoms with Crippen molar-refractivity contribution in [2.45, 2.75) is 36.8 Å². The van der Waals surface area contributed by atoms with Crippen molar-refractivity contribution in [1.29, 1.82) is 0 Å². The monoisotopic (exact) mass is 354 g/mol. The van der Waals surface area contributed by atoms with Crippen LogP contribution in [0, 0.1) is 6.92 Å². The molecule has 0 unspecified atom stereocenters. The molecule has 6 nitrogen and oxygen atoms in total. The predicted octanol–water partition coefficient (Wildman–Crippen LogP) is 0.841. The molecule has 7 heteroatoms. The molecule has 1 aromatic carbocycles. The second kappa shape index (κ2) is 7.49. The smallest absolute Gasteiger partial charge is 0.243 e. The van der Waals surface area contributed by atoms with E-state index in [1.807, 2.05) is 19.1 Å². The Labute approximate surface area is 144 Å². The molecule has 24 heavy (non-hydrogen) atoms. The topological polar surface area (TPSA) is 70.1 Å². The van der Waals surface area contributed by atoms with Gasteiger partial charge < -0.3 is 9.84 Å². The highest BCUT2D eigenvalue weighted by molar-refractivity contribution is 7.89. The van der Waals surface area contributed by atoms with Crippen LogP contribution >= 0.6 is 0 Å². The lowest BCUT2D eigenvalue weighted by atomic mass is 10.0. The molecule has 1 aromatic rings. The van der Waals surface area contributed by atoms with Gasteiger partial charge in [0.25, 0.3) is 0 Å². The summed E-state index contributed by atoms with van der Waals surface area (Å²) in [5.74, 6) is 0. The Hall–Kier alpha value is -0.990. The first-order chi connectivity index (χ1) is 11.5. The maximum absolute atomic E-state index is 12.9. The van der Waals surface area contributed by atoms with E-state index in [9.17, 15) is 13.5 Å². The number of aliphatic hydroxyl groups excluding tert-OH is 1. The van der Waals surface area contributed by atoms with Gasteiger partial charge in [-0.1, -0.05) is 17.7 Å². The molecule has 0 bridgehead atoms. The molecule has 2 fully saturated rings. The summed E-state index contributed by atoms with van der Waals surface area (Å²) in [5.41, 5.74) is 1.03. The van der Waals surface area contributed by atoms with Gasteiger partial charge in [0.2, 0.25) is 10.0 Å². The highest BCUT2D eigenvalue weighted by Gasteiger charge is 2.34. The van der Waals surface area contributed by atoms with E-state index in [1.165, 1.54) is 4.31 Å². The van der Waals surface area contributed by atoms with Crippen molar-refractivity contribution in [2.24, 2.45) is 0 Å². The van der Waals surface area contributed by atoms with E-state index in [0.717, 1.165) is 18.7 Å². The van der Waals surface area contributed by atoms with Crippen molar-refractivity contribution in [2.75, 3.05) is 39.4 Å². The van der Waals surface area contributed by atoms with Gasteiger partial charge in [0.15, 0.2) is 0 Å². The zero-order valence-corrected chi connectivity index (χ0v) is 14.9. The van der Waals surface area contributed by atoms with Crippen LogP contribution in [0.25, 0.3) is 0 Å². The van der Waals surface area contributed by atoms with Crippen molar-refractivity contribution in [1.82, 2.24) is 9.21 Å². The van der Waals surface area contributed by atoms with Crippen LogP contribution < -0.4 is 0 Å². The van der Waals surface area contributed by atoms with Gasteiger partial charge in [-0.15, -0.1) is 0 Å². The lowest BCUT2D eigenvalue weighted by Gasteiger charge is -2.36. The van der Waals surface area contributed by atoms with Gasteiger partial charge in [0.05, 0.1) is 24.2 Å². The highest BCUT2D eigenvalue weighted by atomic mass is 32.2. The average molecular weight is 354 g/mol. The van der Waals surface area contributed by atoms with Gasteiger partial charge in [-0.2, -0.15) is 4.31 Å². The molecule has 2 atom stereocenters. The second-order valence-corrected chi connectivity index (χ2v) is 8.52. The number of rotatable bonds is 3. The van der Waals surface area contributed by atoms with Gasteiger partial charge in [-0.05, 0) is 31.9 Å². The zero-order chi connectivity index (χ0) is 17.2. The minimum atomic E-state index is -3.50. The summed E-state index contributed by atoms with van der Waals surface area (Å²) in [6, 6.07) is 6.95. The standard InChI is InChI=1S/C17H26N2O4S/c1-14-2-4-15(5-3-14)24(21,22)19-8-6-16(17(20)7-9-19)18-10-12-23-13-11-18/h2-5,16-17,20H,6-13H2,1H3/t16-,17-/m0/s1. The molecule has 2 aliphatic rings. The van der Waals surface area contributed by atoms with E-state index < -0.39 is 16.1 Å². The minimum Gasteiger partial charge on any atom is -0.391 e. The van der Waals surface area contributed by atoms with Gasteiger partial charge in [0.1, 0.15) is 0 Å². The molecule has 0 aliphatic carbocycles. The molecule has 0 aromatic heterocycles. The van der Waals surface area contributed by atoms with Crippen LogP contribution in [0.4, 0.5) is 0 Å². The highest BCUT2D eigenvalue weighted by Crippen LogP contribution is 2.24. The summed E-state index contributed by atoms with van der Waals surface area (Å²) >= 11 is 0. The Morgan fingerprint density at radius 1 is 1.04 bits per heavy atom. The first kappa shape index (κ1) is 17.8. The van der Waals surface area contributed by atoms with Gasteiger partial charge in [-0.3, -0.25) is 4.90 Å². The Morgan fingerprint density at radius 2 is 1.67 bits per heavy atom. The number of benzene rings is 1. The van der Waals surface area contributed by atoms with E-state index in [2.05, 4.69) is 4.90 Å². The Kier molecular flexibility index (Phi) is 5.56. The summed E-state index contributed by atoms with van der Waals surface area (Å²) in [7, 11) is -3.50. The Bertz CT molecular complexity index is 641. The summed E-state index contributed by atoms with van der Waals surface area (Å²) in [5, 5.41) is 10.5. The molecule has 0 spiro atoms. The Balaban J connectivity index is 1.73. The number of nitrogens with zero attached hydrogens (tertiary/aromatic N) is 2. The molecule has 0 amide bonds. The number of ether oxygens (including phenoxy) is 1. The fourth-order valence-corrected chi connectivity index (χ4v) is 4.95. The maximum atomic E-state index is 12.9. The number of hydrogen-bond acceptors (Lipinski definition) is 5. The molecule has 1 N–H and O–H groups in total. The number of aryl methyl sites for hydroxylation is 1. The fourth-order valence-electron chi connectivity index (χ4n) is 3.48. The summed E-state index contributed by atoms with van der Waals surface area (Å²) in [6.45, 7) is 5.68. The number of hydrogen-bond donors (Lipinski definition) is 1. The van der Waals surface area contributed by atoms with E-state index in [0.29, 0.717) is 44.0 Å². The van der Waals surface area contributed by atoms with Gasteiger partial charge >= 0.3 is 0 Å². The quantitative estimate of drug-likeness (QED) is 0.871. The van der Waals surface area contributed by atoms with Crippen LogP contribution in [0.5, 0.6) is 0 Å². The molecule has 0 saturated carbocycles. The average Bonchev–Trinajstić information content (AvgIpc) is 2.78. The van der Waals surface area contributed by atoms with Crippen LogP contribution in [0.15, 0.2) is 29.2 Å². The first-order valence-corrected chi connectivity index (χ1v) is 9.99. The fraction of sp³-hybridized carbons (Fsp3) is 0.647. The summed E-state index contributed by atoms with van der Waals surface area (Å²) in [4.78, 5) is 2.56. The van der Waals surface area contributed by atoms with Crippen LogP contribution in [-0.2, 0) is 14.8 Å². The molecule has 2 aliphatic heterocycles. The molecular weight excluding hydrogens is 328 g/mol. The molecule has 2 heterocycles. The van der Waals surface area contributed by atoms with Crippen molar-refractivity contribution >= 4 is 10.0 Å². The molecular formula is C17H26N2O4S. The molecule has 3 rings (SSSR count). The van der Waals surface area contributed by atoms with Crippen LogP contribution in [0.2, 0.25) is 0 Å². The first-order valence-electron chi connectivity index (χ1n) is 8.55. The molecule has 0 radical (unpaired) electrons. The van der Waals surface area contributed by atoms with E-state index >= 15 is 0 Å². The number of aliphatic hydroxyl groups is 1. The van der Waals surface area contributed by atoms with Crippen molar-refractivity contribution < 1.29 is 18.3 Å². The van der Waals surface area contributed by atoms with Crippen molar-refractivity contribution in [3.05, 3.63) is 29.8 Å². The predicted molar refractivity (Wildman–Crippen MR) is 91.4 cm³/mol. The third-order valence-electron chi connectivity index (χ3n) is 4.97. The van der Waals surface area contributed by atoms with E-state index in [4.69, 9.17) is 4.74 Å². The second-order valence-electron chi connectivity index (χ2n) is 6.58. The third kappa shape index (κ3) is 3.81. The van der Waals surface area contributed by atoms with E-state index in [1.54, 1.807) is 12.1 Å². The van der Waals surface area contributed by atoms with Crippen molar-refractivity contribution in [3.63, 3.8) is 0 Å². The Morgan fingerprint density at radius 3 is 2.33 bits per heavy atom. The zero-order valence-electron chi connectivity index (χ0n) is 14.1. The number of sulfonamides is 1. The van der Waals surface area contributed by atoms with Crippen LogP contribution in [0.1, 0.15) is 18.4 Å². The lowest BCUT2D eigenvalue weighted by molar-refractivity contribution is -0.0222. The SMILES string of the molecule is Cc1ccc(S(=O)(=O)N2CC[C@H](O)[C@@H](N3CCOCC3)CC2)cc1. The summed E-state index contributed by atoms with van der Waals surface area (Å²) < 4.78 is 32.6. The molecule has 2 saturated heterocycles. The summed E-state index contributed by atoms with van der Waals surface area (Å²) in [6.07, 6.45) is 0.612.